The van der Waals surface area contributed by atoms with Gasteiger partial charge >= 0.3 is 5.97 Å². The van der Waals surface area contributed by atoms with E-state index in [-0.39, 0.29) is 6.42 Å². The van der Waals surface area contributed by atoms with Crippen LogP contribution in [0.1, 0.15) is 17.5 Å². The third kappa shape index (κ3) is 3.92. The Hall–Kier alpha value is -1.75. The normalized spacial score (nSPS) is 10.2. The third-order valence-corrected chi connectivity index (χ3v) is 2.63. The third-order valence-electron chi connectivity index (χ3n) is 2.63. The lowest BCUT2D eigenvalue weighted by molar-refractivity contribution is -0.136. The predicted molar refractivity (Wildman–Crippen MR) is 68.2 cm³/mol. The molecule has 0 atom stereocenters. The smallest absolute Gasteiger partial charge is 0.304 e. The fraction of sp³-hybridized carbons (Fsp3) is 0.462. The summed E-state index contributed by atoms with van der Waals surface area (Å²) in [6.45, 7) is 2.92. The molecule has 0 saturated carbocycles. The molecule has 0 aliphatic heterocycles. The summed E-state index contributed by atoms with van der Waals surface area (Å²) in [6, 6.07) is 3.81. The van der Waals surface area contributed by atoms with E-state index in [0.717, 1.165) is 22.6 Å². The fourth-order valence-electron chi connectivity index (χ4n) is 1.67. The molecule has 0 amide bonds. The minimum absolute atomic E-state index is 0.102. The molecule has 2 N–H and O–H groups in total. The number of aliphatic carboxylic acids is 1. The van der Waals surface area contributed by atoms with E-state index in [1.54, 1.807) is 14.2 Å². The van der Waals surface area contributed by atoms with E-state index >= 15 is 0 Å². The first-order valence-electron chi connectivity index (χ1n) is 5.72. The van der Waals surface area contributed by atoms with Crippen LogP contribution in [-0.2, 0) is 11.3 Å². The molecule has 18 heavy (non-hydrogen) atoms. The molecule has 0 aliphatic carbocycles. The molecule has 5 heteroatoms. The van der Waals surface area contributed by atoms with E-state index in [0.29, 0.717) is 13.1 Å². The zero-order valence-electron chi connectivity index (χ0n) is 10.9. The van der Waals surface area contributed by atoms with Crippen LogP contribution in [0.15, 0.2) is 12.1 Å². The first-order chi connectivity index (χ1) is 8.58. The zero-order chi connectivity index (χ0) is 13.5. The summed E-state index contributed by atoms with van der Waals surface area (Å²) in [5.41, 5.74) is 1.95. The number of carboxylic acids is 1. The Labute approximate surface area is 107 Å². The highest BCUT2D eigenvalue weighted by molar-refractivity contribution is 5.66. The number of carboxylic acid groups (broad SMARTS) is 1. The van der Waals surface area contributed by atoms with Gasteiger partial charge in [0.05, 0.1) is 20.6 Å². The van der Waals surface area contributed by atoms with Crippen molar-refractivity contribution in [2.75, 3.05) is 20.8 Å². The molecule has 100 valence electrons. The van der Waals surface area contributed by atoms with E-state index in [1.807, 2.05) is 19.1 Å². The quantitative estimate of drug-likeness (QED) is 0.722. The molecule has 0 fully saturated rings. The van der Waals surface area contributed by atoms with E-state index < -0.39 is 5.97 Å². The van der Waals surface area contributed by atoms with Gasteiger partial charge in [-0.05, 0) is 24.6 Å². The SMILES string of the molecule is COc1cc(CNCCC(=O)O)c(OC)cc1C. The van der Waals surface area contributed by atoms with Gasteiger partial charge in [-0.1, -0.05) is 0 Å². The lowest BCUT2D eigenvalue weighted by atomic mass is 10.1. The molecule has 0 bridgehead atoms. The first kappa shape index (κ1) is 14.3. The second kappa shape index (κ2) is 6.86. The Morgan fingerprint density at radius 2 is 1.94 bits per heavy atom. The molecule has 0 aromatic heterocycles. The Morgan fingerprint density at radius 3 is 2.50 bits per heavy atom. The van der Waals surface area contributed by atoms with Crippen LogP contribution in [0.2, 0.25) is 0 Å². The van der Waals surface area contributed by atoms with E-state index in [4.69, 9.17) is 14.6 Å². The lowest BCUT2D eigenvalue weighted by Crippen LogP contribution is -2.18. The van der Waals surface area contributed by atoms with Crippen molar-refractivity contribution in [3.8, 4) is 11.5 Å². The van der Waals surface area contributed by atoms with Gasteiger partial charge in [-0.2, -0.15) is 0 Å². The van der Waals surface area contributed by atoms with Gasteiger partial charge in [-0.3, -0.25) is 4.79 Å². The zero-order valence-corrected chi connectivity index (χ0v) is 10.9. The van der Waals surface area contributed by atoms with Crippen molar-refractivity contribution in [3.05, 3.63) is 23.3 Å². The van der Waals surface area contributed by atoms with Crippen LogP contribution in [0.3, 0.4) is 0 Å². The average molecular weight is 253 g/mol. The largest absolute Gasteiger partial charge is 0.496 e. The van der Waals surface area contributed by atoms with Crippen molar-refractivity contribution >= 4 is 5.97 Å². The number of hydrogen-bond acceptors (Lipinski definition) is 4. The lowest BCUT2D eigenvalue weighted by Gasteiger charge is -2.13. The molecule has 1 aromatic rings. The summed E-state index contributed by atoms with van der Waals surface area (Å²) in [4.78, 5) is 10.4. The second-order valence-corrected chi connectivity index (χ2v) is 3.95. The molecule has 0 unspecified atom stereocenters. The highest BCUT2D eigenvalue weighted by Gasteiger charge is 2.08. The Kier molecular flexibility index (Phi) is 5.45. The number of hydrogen-bond donors (Lipinski definition) is 2. The summed E-state index contributed by atoms with van der Waals surface area (Å²) >= 11 is 0. The molecule has 1 aromatic carbocycles. The number of methoxy groups -OCH3 is 2. The molecule has 0 saturated heterocycles. The average Bonchev–Trinajstić information content (AvgIpc) is 2.35. The summed E-state index contributed by atoms with van der Waals surface area (Å²) in [5, 5.41) is 11.6. The Morgan fingerprint density at radius 1 is 1.28 bits per heavy atom. The minimum Gasteiger partial charge on any atom is -0.496 e. The van der Waals surface area contributed by atoms with Gasteiger partial charge in [0.15, 0.2) is 0 Å². The number of rotatable bonds is 7. The van der Waals surface area contributed by atoms with E-state index in [1.165, 1.54) is 0 Å². The summed E-state index contributed by atoms with van der Waals surface area (Å²) in [7, 11) is 3.23. The van der Waals surface area contributed by atoms with Crippen LogP contribution < -0.4 is 14.8 Å². The van der Waals surface area contributed by atoms with Crippen LogP contribution in [0.5, 0.6) is 11.5 Å². The van der Waals surface area contributed by atoms with Gasteiger partial charge in [-0.15, -0.1) is 0 Å². The molecule has 1 rings (SSSR count). The summed E-state index contributed by atoms with van der Waals surface area (Å²) < 4.78 is 10.5. The van der Waals surface area contributed by atoms with Crippen molar-refractivity contribution in [1.29, 1.82) is 0 Å². The van der Waals surface area contributed by atoms with Crippen molar-refractivity contribution in [3.63, 3.8) is 0 Å². The predicted octanol–water partition coefficient (Wildman–Crippen LogP) is 1.58. The Bertz CT molecular complexity index is 418. The molecular weight excluding hydrogens is 234 g/mol. The van der Waals surface area contributed by atoms with E-state index in [9.17, 15) is 4.79 Å². The van der Waals surface area contributed by atoms with Crippen molar-refractivity contribution in [1.82, 2.24) is 5.32 Å². The van der Waals surface area contributed by atoms with Gasteiger partial charge in [0.25, 0.3) is 0 Å². The van der Waals surface area contributed by atoms with Crippen LogP contribution in [-0.4, -0.2) is 31.8 Å². The van der Waals surface area contributed by atoms with E-state index in [2.05, 4.69) is 5.32 Å². The highest BCUT2D eigenvalue weighted by atomic mass is 16.5. The Balaban J connectivity index is 2.70. The molecule has 0 radical (unpaired) electrons. The van der Waals surface area contributed by atoms with Crippen molar-refractivity contribution in [2.45, 2.75) is 19.9 Å². The number of aryl methyl sites for hydroxylation is 1. The maximum Gasteiger partial charge on any atom is 0.304 e. The van der Waals surface area contributed by atoms with Crippen LogP contribution in [0, 0.1) is 6.92 Å². The van der Waals surface area contributed by atoms with Gasteiger partial charge in [-0.25, -0.2) is 0 Å². The summed E-state index contributed by atoms with van der Waals surface area (Å²) in [5.74, 6) is 0.762. The monoisotopic (exact) mass is 253 g/mol. The maximum absolute atomic E-state index is 10.4. The molecule has 0 aliphatic rings. The molecule has 5 nitrogen and oxygen atoms in total. The number of benzene rings is 1. The molecular formula is C13H19NO4. The van der Waals surface area contributed by atoms with Gasteiger partial charge in [0.2, 0.25) is 0 Å². The van der Waals surface area contributed by atoms with Crippen molar-refractivity contribution in [2.24, 2.45) is 0 Å². The van der Waals surface area contributed by atoms with Crippen molar-refractivity contribution < 1.29 is 19.4 Å². The first-order valence-corrected chi connectivity index (χ1v) is 5.72. The van der Waals surface area contributed by atoms with Gasteiger partial charge < -0.3 is 19.9 Å². The van der Waals surface area contributed by atoms with Gasteiger partial charge in [0, 0.05) is 18.7 Å². The second-order valence-electron chi connectivity index (χ2n) is 3.95. The molecule has 0 heterocycles. The maximum atomic E-state index is 10.4. The van der Waals surface area contributed by atoms with Crippen LogP contribution in [0.25, 0.3) is 0 Å². The van der Waals surface area contributed by atoms with Crippen LogP contribution in [0.4, 0.5) is 0 Å². The molecule has 0 spiro atoms. The standard InChI is InChI=1S/C13H19NO4/c1-9-6-12(18-3)10(7-11(9)17-2)8-14-5-4-13(15)16/h6-7,14H,4-5,8H2,1-3H3,(H,15,16). The van der Waals surface area contributed by atoms with Crippen LogP contribution >= 0.6 is 0 Å². The topological polar surface area (TPSA) is 67.8 Å². The minimum atomic E-state index is -0.809. The highest BCUT2D eigenvalue weighted by Crippen LogP contribution is 2.27. The summed E-state index contributed by atoms with van der Waals surface area (Å²) in [6.07, 6.45) is 0.102. The van der Waals surface area contributed by atoms with Gasteiger partial charge in [0.1, 0.15) is 11.5 Å². The fourth-order valence-corrected chi connectivity index (χ4v) is 1.67. The number of carbonyl (C=O) groups is 1. The number of ether oxygens (including phenoxy) is 2. The number of nitrogens with one attached hydrogen (secondary N) is 1.